The average Bonchev–Trinajstić information content (AvgIpc) is 3.70. The summed E-state index contributed by atoms with van der Waals surface area (Å²) in [5.74, 6) is -0.404. The molecule has 0 spiro atoms. The molecule has 5 heteroatoms. The molecule has 9 aromatic rings. The number of aromatic nitrogens is 3. The maximum atomic E-state index is 11.6. The second-order valence-corrected chi connectivity index (χ2v) is 16.2. The third-order valence-electron chi connectivity index (χ3n) is 10.9. The number of nitrogens with zero attached hydrogens (tertiary/aromatic N) is 3. The van der Waals surface area contributed by atoms with Gasteiger partial charge < -0.3 is 5.11 Å². The quantitative estimate of drug-likeness (QED) is 0.154. The zero-order chi connectivity index (χ0) is 48.4. The summed E-state index contributed by atoms with van der Waals surface area (Å²) in [5, 5.41) is 11.6. The van der Waals surface area contributed by atoms with Crippen LogP contribution in [0.5, 0.6) is 5.75 Å². The van der Waals surface area contributed by atoms with E-state index in [0.717, 1.165) is 50.1 Å². The summed E-state index contributed by atoms with van der Waals surface area (Å²) >= 11 is 0. The van der Waals surface area contributed by atoms with Crippen molar-refractivity contribution >= 4 is 11.0 Å². The van der Waals surface area contributed by atoms with Crippen molar-refractivity contribution in [1.29, 1.82) is 0 Å². The van der Waals surface area contributed by atoms with Crippen LogP contribution in [0.2, 0.25) is 0 Å². The molecule has 2 heterocycles. The molecule has 0 aliphatic carbocycles. The summed E-state index contributed by atoms with van der Waals surface area (Å²) in [6, 6.07) is 46.4. The van der Waals surface area contributed by atoms with Crippen LogP contribution >= 0.6 is 0 Å². The van der Waals surface area contributed by atoms with Crippen molar-refractivity contribution in [3.8, 4) is 78.6 Å². The van der Waals surface area contributed by atoms with Crippen LogP contribution in [-0.4, -0.2) is 19.6 Å². The Labute approximate surface area is 385 Å². The number of pyridine rings is 1. The van der Waals surface area contributed by atoms with Crippen LogP contribution in [0.4, 0.5) is 0 Å². The summed E-state index contributed by atoms with van der Waals surface area (Å²) in [6.07, 6.45) is 1.54. The van der Waals surface area contributed by atoms with Gasteiger partial charge in [-0.2, -0.15) is 0 Å². The van der Waals surface area contributed by atoms with Gasteiger partial charge in [-0.05, 0) is 87.9 Å². The average molecular weight is 982 g/mol. The number of phenols is 1. The van der Waals surface area contributed by atoms with Crippen molar-refractivity contribution in [2.45, 2.75) is 52.8 Å². The van der Waals surface area contributed by atoms with E-state index < -0.39 is 42.5 Å². The van der Waals surface area contributed by atoms with E-state index in [9.17, 15) is 6.48 Å². The fourth-order valence-corrected chi connectivity index (χ4v) is 7.77. The molecule has 7 aromatic carbocycles. The maximum Gasteiger partial charge on any atom is 0.148 e. The van der Waals surface area contributed by atoms with Gasteiger partial charge in [-0.25, -0.2) is 4.98 Å². The summed E-state index contributed by atoms with van der Waals surface area (Å²) in [6.45, 7) is 7.30. The number of aromatic hydroxyl groups is 1. The Morgan fingerprint density at radius 1 is 0.672 bits per heavy atom. The first kappa shape index (κ1) is 32.4. The summed E-state index contributed by atoms with van der Waals surface area (Å²) in [5.41, 5.74) is 10.1. The zero-order valence-corrected chi connectivity index (χ0v) is 36.7. The Morgan fingerprint density at radius 3 is 2.00 bits per heavy atom. The standard InChI is InChI=1S/C56H48N3O.Pt/c1-36(2)47-34-49(40-18-11-8-12-19-40)52(35-48(47)39-16-9-7-10-17-39)59-51-22-15-21-45(54(51)58-55(59)46-20-13-14-23-53(46)60)42-30-43(32-44(31-42)56(4,5)6)50-33-41(28-29-57-50)38-26-24-37(3)25-27-38;/h7-29,31-36,60H,1-6H3;/q-1;/i3D3,24D,25D,26D,27D,36D;. The van der Waals surface area contributed by atoms with Gasteiger partial charge in [0.1, 0.15) is 11.6 Å². The Balaban J connectivity index is 0.00000642. The monoisotopic (exact) mass is 981 g/mol. The Hall–Kier alpha value is -6.35. The van der Waals surface area contributed by atoms with Crippen molar-refractivity contribution in [1.82, 2.24) is 14.5 Å². The summed E-state index contributed by atoms with van der Waals surface area (Å²) in [7, 11) is 0. The van der Waals surface area contributed by atoms with Crippen LogP contribution in [0, 0.1) is 12.9 Å². The minimum atomic E-state index is -2.83. The number of benzene rings is 7. The molecule has 304 valence electrons. The molecule has 61 heavy (non-hydrogen) atoms. The smallest absolute Gasteiger partial charge is 0.148 e. The van der Waals surface area contributed by atoms with E-state index in [2.05, 4.69) is 73.9 Å². The second kappa shape index (κ2) is 17.0. The van der Waals surface area contributed by atoms with Crippen molar-refractivity contribution < 1.29 is 37.1 Å². The summed E-state index contributed by atoms with van der Waals surface area (Å²) < 4.78 is 69.9. The Kier molecular flexibility index (Phi) is 9.01. The SMILES string of the molecule is [2H]c1c([2H])c(C([2H])([2H])[2H])c([2H])c([2H])c1-c1ccnc(-c2[c-]c(-c3cccc4c3nc(-c3ccccc3O)n4-c3cc(-c4ccccc4)c(C([2H])(C)C)cc3-c3ccccc3)cc(C(C)(C)C)c2)c1.[Pt]. The van der Waals surface area contributed by atoms with E-state index in [1.165, 1.54) is 6.20 Å². The third-order valence-corrected chi connectivity index (χ3v) is 10.9. The van der Waals surface area contributed by atoms with Crippen LogP contribution in [0.1, 0.15) is 68.2 Å². The number of rotatable bonds is 8. The fourth-order valence-electron chi connectivity index (χ4n) is 7.77. The first-order valence-corrected chi connectivity index (χ1v) is 20.0. The molecule has 4 nitrogen and oxygen atoms in total. The normalized spacial score (nSPS) is 13.8. The molecule has 1 N–H and O–H groups in total. The van der Waals surface area contributed by atoms with E-state index in [0.29, 0.717) is 39.3 Å². The van der Waals surface area contributed by atoms with E-state index in [1.807, 2.05) is 86.6 Å². The van der Waals surface area contributed by atoms with Crippen LogP contribution < -0.4 is 0 Å². The van der Waals surface area contributed by atoms with Gasteiger partial charge in [0.05, 0.1) is 27.8 Å². The minimum Gasteiger partial charge on any atom is -0.507 e. The molecule has 0 fully saturated rings. The molecule has 0 aliphatic rings. The molecule has 0 bridgehead atoms. The van der Waals surface area contributed by atoms with Gasteiger partial charge in [-0.1, -0.05) is 166 Å². The number of hydrogen-bond donors (Lipinski definition) is 1. The van der Waals surface area contributed by atoms with Gasteiger partial charge in [0.15, 0.2) is 0 Å². The second-order valence-electron chi connectivity index (χ2n) is 16.2. The number of hydrogen-bond acceptors (Lipinski definition) is 3. The van der Waals surface area contributed by atoms with E-state index in [-0.39, 0.29) is 37.8 Å². The van der Waals surface area contributed by atoms with Crippen LogP contribution in [0.3, 0.4) is 0 Å². The molecule has 0 aliphatic heterocycles. The number of fused-ring (bicyclic) bond motifs is 1. The largest absolute Gasteiger partial charge is 0.507 e. The van der Waals surface area contributed by atoms with Gasteiger partial charge >= 0.3 is 0 Å². The zero-order valence-electron chi connectivity index (χ0n) is 42.5. The van der Waals surface area contributed by atoms with Gasteiger partial charge in [-0.3, -0.25) is 9.55 Å². The van der Waals surface area contributed by atoms with E-state index >= 15 is 0 Å². The Bertz CT molecular complexity index is 3380. The van der Waals surface area contributed by atoms with Crippen LogP contribution in [-0.2, 0) is 26.5 Å². The molecule has 0 saturated carbocycles. The van der Waals surface area contributed by atoms with Crippen molar-refractivity contribution in [3.05, 3.63) is 193 Å². The fraction of sp³-hybridized carbons (Fsp3) is 0.143. The third kappa shape index (κ3) is 8.13. The van der Waals surface area contributed by atoms with Gasteiger partial charge in [0.2, 0.25) is 0 Å². The predicted octanol–water partition coefficient (Wildman–Crippen LogP) is 14.7. The molecule has 0 atom stereocenters. The molecule has 0 amide bonds. The molecule has 9 rings (SSSR count). The predicted molar refractivity (Wildman–Crippen MR) is 250 cm³/mol. The molecule has 0 radical (unpaired) electrons. The minimum absolute atomic E-state index is 0. The molecular weight excluding hydrogens is 926 g/mol. The van der Waals surface area contributed by atoms with Gasteiger partial charge in [0, 0.05) is 44.0 Å². The van der Waals surface area contributed by atoms with Crippen molar-refractivity contribution in [3.63, 3.8) is 0 Å². The Morgan fingerprint density at radius 2 is 1.33 bits per heavy atom. The van der Waals surface area contributed by atoms with Gasteiger partial charge in [-0.15, -0.1) is 29.3 Å². The van der Waals surface area contributed by atoms with E-state index in [1.54, 1.807) is 24.3 Å². The molecule has 0 unspecified atom stereocenters. The summed E-state index contributed by atoms with van der Waals surface area (Å²) in [4.78, 5) is 10.1. The van der Waals surface area contributed by atoms with E-state index in [4.69, 9.17) is 19.6 Å². The molecule has 2 aromatic heterocycles. The van der Waals surface area contributed by atoms with Gasteiger partial charge in [0.25, 0.3) is 0 Å². The molecular formula is C56H48N3OPt-. The topological polar surface area (TPSA) is 50.9 Å². The molecule has 0 saturated heterocycles. The number of imidazole rings is 1. The van der Waals surface area contributed by atoms with Crippen molar-refractivity contribution in [2.24, 2.45) is 0 Å². The van der Waals surface area contributed by atoms with Crippen LogP contribution in [0.15, 0.2) is 170 Å². The van der Waals surface area contributed by atoms with Crippen molar-refractivity contribution in [2.75, 3.05) is 0 Å². The van der Waals surface area contributed by atoms with Crippen LogP contribution in [0.25, 0.3) is 83.9 Å². The first-order valence-electron chi connectivity index (χ1n) is 24.0. The first-order chi connectivity index (χ1) is 32.2. The number of para-hydroxylation sites is 2. The maximum absolute atomic E-state index is 11.6. The number of phenolic OH excluding ortho intramolecular Hbond substituents is 1.